The lowest BCUT2D eigenvalue weighted by molar-refractivity contribution is -0.384. The van der Waals surface area contributed by atoms with Crippen molar-refractivity contribution in [2.75, 3.05) is 0 Å². The number of carbonyl (C=O) groups excluding carboxylic acids is 3. The number of hydrogen-bond acceptors (Lipinski definition) is 6. The number of nitro benzene ring substituents is 1. The van der Waals surface area contributed by atoms with Gasteiger partial charge in [-0.25, -0.2) is 0 Å². The van der Waals surface area contributed by atoms with Crippen LogP contribution in [0, 0.1) is 10.1 Å². The van der Waals surface area contributed by atoms with Crippen LogP contribution in [0.25, 0.3) is 12.2 Å². The number of aldehydes is 1. The predicted molar refractivity (Wildman–Crippen MR) is 125 cm³/mol. The van der Waals surface area contributed by atoms with E-state index in [1.807, 2.05) is 37.3 Å². The van der Waals surface area contributed by atoms with E-state index in [0.717, 1.165) is 39.6 Å². The highest BCUT2D eigenvalue weighted by Crippen LogP contribution is 2.33. The van der Waals surface area contributed by atoms with E-state index in [1.165, 1.54) is 24.3 Å². The maximum Gasteiger partial charge on any atom is 0.293 e. The van der Waals surface area contributed by atoms with Gasteiger partial charge in [-0.05, 0) is 65.6 Å². The van der Waals surface area contributed by atoms with E-state index < -0.39 is 10.8 Å². The summed E-state index contributed by atoms with van der Waals surface area (Å²) in [5.74, 6) is -0.393. The number of nitro groups is 1. The third-order valence-electron chi connectivity index (χ3n) is 4.63. The Balaban J connectivity index is 1.71. The Morgan fingerprint density at radius 1 is 0.969 bits per heavy atom. The molecule has 1 heterocycles. The van der Waals surface area contributed by atoms with Crippen LogP contribution >= 0.6 is 11.8 Å². The zero-order valence-corrected chi connectivity index (χ0v) is 18.3. The predicted octanol–water partition coefficient (Wildman–Crippen LogP) is 5.38. The number of thioether (sulfide) groups is 1. The van der Waals surface area contributed by atoms with Crippen molar-refractivity contribution in [3.05, 3.63) is 97.5 Å². The van der Waals surface area contributed by atoms with E-state index in [1.54, 1.807) is 19.1 Å². The van der Waals surface area contributed by atoms with Crippen LogP contribution in [0.4, 0.5) is 10.5 Å². The molecule has 0 aliphatic carbocycles. The van der Waals surface area contributed by atoms with E-state index in [-0.39, 0.29) is 17.5 Å². The van der Waals surface area contributed by atoms with Crippen LogP contribution in [0.3, 0.4) is 0 Å². The molecule has 0 spiro atoms. The van der Waals surface area contributed by atoms with Crippen LogP contribution in [0.1, 0.15) is 30.5 Å². The van der Waals surface area contributed by atoms with Gasteiger partial charge in [0.05, 0.1) is 16.4 Å². The summed E-state index contributed by atoms with van der Waals surface area (Å²) in [6.07, 6.45) is 6.15. The maximum atomic E-state index is 12.7. The summed E-state index contributed by atoms with van der Waals surface area (Å²) in [4.78, 5) is 47.5. The maximum absolute atomic E-state index is 12.7. The molecule has 2 amide bonds. The second kappa shape index (κ2) is 10.0. The van der Waals surface area contributed by atoms with Crippen molar-refractivity contribution < 1.29 is 19.3 Å². The highest BCUT2D eigenvalue weighted by Gasteiger charge is 2.35. The van der Waals surface area contributed by atoms with E-state index in [9.17, 15) is 24.5 Å². The van der Waals surface area contributed by atoms with Crippen molar-refractivity contribution in [2.45, 2.75) is 20.4 Å². The fourth-order valence-corrected chi connectivity index (χ4v) is 3.93. The molecule has 0 bridgehead atoms. The second-order valence-corrected chi connectivity index (χ2v) is 8.25. The average molecular weight is 449 g/mol. The summed E-state index contributed by atoms with van der Waals surface area (Å²) in [5, 5.41) is 10.4. The fourth-order valence-electron chi connectivity index (χ4n) is 3.04. The largest absolute Gasteiger partial charge is 0.298 e. The molecule has 1 saturated heterocycles. The van der Waals surface area contributed by atoms with E-state index in [2.05, 4.69) is 0 Å². The van der Waals surface area contributed by atoms with Crippen molar-refractivity contribution >= 4 is 47.0 Å². The van der Waals surface area contributed by atoms with Gasteiger partial charge in [0.2, 0.25) is 0 Å². The van der Waals surface area contributed by atoms with E-state index in [4.69, 9.17) is 0 Å². The van der Waals surface area contributed by atoms with Crippen LogP contribution < -0.4 is 0 Å². The molecule has 0 aromatic heterocycles. The monoisotopic (exact) mass is 448 g/mol. The molecule has 0 N–H and O–H groups in total. The van der Waals surface area contributed by atoms with Gasteiger partial charge in [0.25, 0.3) is 16.8 Å². The lowest BCUT2D eigenvalue weighted by Crippen LogP contribution is -2.27. The first kappa shape index (κ1) is 22.9. The molecule has 32 heavy (non-hydrogen) atoms. The van der Waals surface area contributed by atoms with Crippen LogP contribution in [-0.4, -0.2) is 27.3 Å². The first-order valence-electron chi connectivity index (χ1n) is 9.67. The standard InChI is InChI=1S/C24H20N2O5S/c1-16(11-18-3-5-19(6-4-18)12-17(2)15-27)13-22-23(28)25(24(29)32-22)14-20-7-9-21(10-8-20)26(30)31/h3-13,15H,14H2,1-2H3/b16-11+,17-12+,22-13-. The van der Waals surface area contributed by atoms with Gasteiger partial charge in [0.1, 0.15) is 6.29 Å². The van der Waals surface area contributed by atoms with Crippen molar-refractivity contribution in [3.63, 3.8) is 0 Å². The summed E-state index contributed by atoms with van der Waals surface area (Å²) < 4.78 is 0. The number of imide groups is 1. The topological polar surface area (TPSA) is 97.6 Å². The summed E-state index contributed by atoms with van der Waals surface area (Å²) in [5.41, 5.74) is 3.85. The number of allylic oxidation sites excluding steroid dienone is 3. The minimum atomic E-state index is -0.502. The molecule has 162 valence electrons. The Kier molecular flexibility index (Phi) is 7.17. The Hall–Kier alpha value is -3.78. The molecular weight excluding hydrogens is 428 g/mol. The SMILES string of the molecule is C/C(C=O)=C\c1ccc(/C=C(C)/C=C2\SC(=O)N(Cc3ccc([N+](=O)[O-])cc3)C2=O)cc1. The number of amides is 2. The summed E-state index contributed by atoms with van der Waals surface area (Å²) in [7, 11) is 0. The normalized spacial score (nSPS) is 16.1. The second-order valence-electron chi connectivity index (χ2n) is 7.25. The molecule has 1 aliphatic heterocycles. The Bertz CT molecular complexity index is 1160. The molecule has 1 aliphatic rings. The lowest BCUT2D eigenvalue weighted by atomic mass is 10.1. The van der Waals surface area contributed by atoms with Crippen LogP contribution in [0.2, 0.25) is 0 Å². The van der Waals surface area contributed by atoms with Gasteiger partial charge in [-0.1, -0.05) is 42.5 Å². The van der Waals surface area contributed by atoms with Crippen LogP contribution in [0.5, 0.6) is 0 Å². The van der Waals surface area contributed by atoms with E-state index in [0.29, 0.717) is 16.0 Å². The Morgan fingerprint density at radius 3 is 2.06 bits per heavy atom. The van der Waals surface area contributed by atoms with Crippen molar-refractivity contribution in [3.8, 4) is 0 Å². The number of nitrogens with zero attached hydrogens (tertiary/aromatic N) is 2. The number of non-ortho nitro benzene ring substituents is 1. The van der Waals surface area contributed by atoms with Gasteiger partial charge in [0.15, 0.2) is 0 Å². The third-order valence-corrected chi connectivity index (χ3v) is 5.54. The minimum Gasteiger partial charge on any atom is -0.298 e. The molecule has 3 rings (SSSR count). The third kappa shape index (κ3) is 5.67. The fraction of sp³-hybridized carbons (Fsp3) is 0.125. The molecule has 7 nitrogen and oxygen atoms in total. The zero-order valence-electron chi connectivity index (χ0n) is 17.5. The Labute approximate surface area is 189 Å². The highest BCUT2D eigenvalue weighted by molar-refractivity contribution is 8.18. The van der Waals surface area contributed by atoms with Crippen molar-refractivity contribution in [2.24, 2.45) is 0 Å². The number of benzene rings is 2. The highest BCUT2D eigenvalue weighted by atomic mass is 32.2. The molecule has 0 unspecified atom stereocenters. The Morgan fingerprint density at radius 2 is 1.53 bits per heavy atom. The van der Waals surface area contributed by atoms with Gasteiger partial charge in [-0.15, -0.1) is 0 Å². The quantitative estimate of drug-likeness (QED) is 0.244. The average Bonchev–Trinajstić information content (AvgIpc) is 3.02. The number of rotatable bonds is 7. The molecular formula is C24H20N2O5S. The van der Waals surface area contributed by atoms with Crippen molar-refractivity contribution in [1.82, 2.24) is 4.90 Å². The van der Waals surface area contributed by atoms with Gasteiger partial charge < -0.3 is 0 Å². The smallest absolute Gasteiger partial charge is 0.293 e. The molecule has 0 radical (unpaired) electrons. The van der Waals surface area contributed by atoms with Crippen molar-refractivity contribution in [1.29, 1.82) is 0 Å². The van der Waals surface area contributed by atoms with Gasteiger partial charge in [0, 0.05) is 12.1 Å². The van der Waals surface area contributed by atoms with Crippen LogP contribution in [0.15, 0.2) is 70.7 Å². The molecule has 1 fully saturated rings. The molecule has 0 atom stereocenters. The first-order valence-corrected chi connectivity index (χ1v) is 10.5. The summed E-state index contributed by atoms with van der Waals surface area (Å²) in [6, 6.07) is 13.4. The number of carbonyl (C=O) groups is 3. The minimum absolute atomic E-state index is 0.0496. The van der Waals surface area contributed by atoms with Gasteiger partial charge in [-0.3, -0.25) is 29.4 Å². The van der Waals surface area contributed by atoms with Gasteiger partial charge >= 0.3 is 0 Å². The zero-order chi connectivity index (χ0) is 23.3. The molecule has 2 aromatic carbocycles. The number of hydrogen-bond donors (Lipinski definition) is 0. The summed E-state index contributed by atoms with van der Waals surface area (Å²) >= 11 is 0.868. The van der Waals surface area contributed by atoms with Gasteiger partial charge in [-0.2, -0.15) is 0 Å². The molecule has 2 aromatic rings. The molecule has 8 heteroatoms. The lowest BCUT2D eigenvalue weighted by Gasteiger charge is -2.12. The van der Waals surface area contributed by atoms with E-state index >= 15 is 0 Å². The summed E-state index contributed by atoms with van der Waals surface area (Å²) in [6.45, 7) is 3.63. The molecule has 0 saturated carbocycles. The first-order chi connectivity index (χ1) is 15.3. The van der Waals surface area contributed by atoms with Crippen LogP contribution in [-0.2, 0) is 16.1 Å².